The molecule has 0 saturated heterocycles. The molecule has 0 fully saturated rings. The van der Waals surface area contributed by atoms with E-state index in [9.17, 15) is 8.78 Å². The molecule has 60 valence electrons. The molecule has 1 aromatic carbocycles. The van der Waals surface area contributed by atoms with Crippen LogP contribution in [0, 0.1) is 11.6 Å². The zero-order chi connectivity index (χ0) is 8.43. The molecule has 0 amide bonds. The van der Waals surface area contributed by atoms with Crippen molar-refractivity contribution in [3.05, 3.63) is 35.4 Å². The van der Waals surface area contributed by atoms with Gasteiger partial charge in [0.2, 0.25) is 0 Å². The molecule has 2 N–H and O–H groups in total. The van der Waals surface area contributed by atoms with Crippen LogP contribution in [0.15, 0.2) is 18.2 Å². The average molecular weight is 178 g/mol. The number of alkyl halides is 1. The summed E-state index contributed by atoms with van der Waals surface area (Å²) in [6, 6.07) is 3.32. The Kier molecular flexibility index (Phi) is 2.42. The fraction of sp³-hybridized carbons (Fsp3) is 0.143. The van der Waals surface area contributed by atoms with Gasteiger partial charge in [0, 0.05) is 0 Å². The third kappa shape index (κ3) is 1.88. The lowest BCUT2D eigenvalue weighted by atomic mass is 10.2. The molecule has 4 heteroatoms. The second-order valence-electron chi connectivity index (χ2n) is 2.08. The first-order chi connectivity index (χ1) is 5.11. The molecule has 0 heterocycles. The predicted octanol–water partition coefficient (Wildman–Crippen LogP) is 2.16. The normalized spacial score (nSPS) is 13.1. The van der Waals surface area contributed by atoms with Gasteiger partial charge in [-0.1, -0.05) is 6.07 Å². The first-order valence-corrected chi connectivity index (χ1v) is 3.39. The molecular weight excluding hydrogens is 172 g/mol. The minimum atomic E-state index is -0.932. The third-order valence-corrected chi connectivity index (χ3v) is 1.51. The molecule has 0 aliphatic heterocycles. The van der Waals surface area contributed by atoms with Crippen LogP contribution in [-0.4, -0.2) is 0 Å². The molecule has 0 radical (unpaired) electrons. The first-order valence-electron chi connectivity index (χ1n) is 2.96. The maximum Gasteiger partial charge on any atom is 0.159 e. The molecule has 0 aliphatic rings. The number of halogens is 3. The number of nitrogens with two attached hydrogens (primary N) is 1. The Morgan fingerprint density at radius 3 is 2.36 bits per heavy atom. The lowest BCUT2D eigenvalue weighted by molar-refractivity contribution is 0.507. The van der Waals surface area contributed by atoms with Crippen LogP contribution in [0.1, 0.15) is 11.1 Å². The third-order valence-electron chi connectivity index (χ3n) is 1.26. The Balaban J connectivity index is 3.05. The second kappa shape index (κ2) is 3.15. The summed E-state index contributed by atoms with van der Waals surface area (Å²) in [5.74, 6) is -1.83. The van der Waals surface area contributed by atoms with E-state index in [1.807, 2.05) is 0 Å². The number of rotatable bonds is 1. The molecule has 1 rings (SSSR count). The van der Waals surface area contributed by atoms with E-state index in [4.69, 9.17) is 17.3 Å². The molecule has 1 aromatic rings. The van der Waals surface area contributed by atoms with Gasteiger partial charge in [0.15, 0.2) is 11.6 Å². The van der Waals surface area contributed by atoms with Gasteiger partial charge in [-0.25, -0.2) is 8.78 Å². The van der Waals surface area contributed by atoms with Crippen LogP contribution in [0.2, 0.25) is 0 Å². The van der Waals surface area contributed by atoms with Gasteiger partial charge in [0.25, 0.3) is 0 Å². The summed E-state index contributed by atoms with van der Waals surface area (Å²) in [6.45, 7) is 0. The smallest absolute Gasteiger partial charge is 0.159 e. The minimum absolute atomic E-state index is 0.366. The summed E-state index contributed by atoms with van der Waals surface area (Å²) in [5.41, 5.74) is 4.79. The van der Waals surface area contributed by atoms with Crippen LogP contribution in [0.25, 0.3) is 0 Å². The van der Waals surface area contributed by atoms with Crippen molar-refractivity contribution in [3.63, 3.8) is 0 Å². The highest BCUT2D eigenvalue weighted by Gasteiger charge is 2.05. The topological polar surface area (TPSA) is 26.0 Å². The molecule has 0 spiro atoms. The molecule has 0 saturated carbocycles. The van der Waals surface area contributed by atoms with Crippen molar-refractivity contribution in [2.24, 2.45) is 5.73 Å². The van der Waals surface area contributed by atoms with Crippen LogP contribution in [0.5, 0.6) is 0 Å². The van der Waals surface area contributed by atoms with E-state index in [0.717, 1.165) is 12.1 Å². The number of hydrogen-bond donors (Lipinski definition) is 1. The fourth-order valence-electron chi connectivity index (χ4n) is 0.684. The van der Waals surface area contributed by atoms with Crippen LogP contribution >= 0.6 is 11.6 Å². The highest BCUT2D eigenvalue weighted by atomic mass is 35.5. The van der Waals surface area contributed by atoms with Gasteiger partial charge in [-0.2, -0.15) is 0 Å². The van der Waals surface area contributed by atoms with Gasteiger partial charge >= 0.3 is 0 Å². The standard InChI is InChI=1S/C7H6ClF2N/c8-7(11)4-1-2-5(9)6(10)3-4/h1-3,7H,11H2. The molecule has 11 heavy (non-hydrogen) atoms. The molecular formula is C7H6ClF2N. The Labute approximate surface area is 67.8 Å². The summed E-state index contributed by atoms with van der Waals surface area (Å²) in [5, 5.41) is 0. The highest BCUT2D eigenvalue weighted by Crippen LogP contribution is 2.16. The molecule has 1 unspecified atom stereocenters. The number of benzene rings is 1. The van der Waals surface area contributed by atoms with Gasteiger partial charge in [0.05, 0.1) is 0 Å². The van der Waals surface area contributed by atoms with Crippen molar-refractivity contribution in [2.75, 3.05) is 0 Å². The van der Waals surface area contributed by atoms with Crippen LogP contribution in [-0.2, 0) is 0 Å². The van der Waals surface area contributed by atoms with Crippen molar-refractivity contribution in [2.45, 2.75) is 5.50 Å². The maximum atomic E-state index is 12.5. The lowest BCUT2D eigenvalue weighted by Crippen LogP contribution is -2.02. The van der Waals surface area contributed by atoms with Crippen LogP contribution in [0.3, 0.4) is 0 Å². The molecule has 0 aromatic heterocycles. The first kappa shape index (κ1) is 8.43. The van der Waals surface area contributed by atoms with Gasteiger partial charge < -0.3 is 5.73 Å². The van der Waals surface area contributed by atoms with Gasteiger partial charge in [-0.15, -0.1) is 11.6 Å². The van der Waals surface area contributed by atoms with Crippen molar-refractivity contribution in [1.82, 2.24) is 0 Å². The van der Waals surface area contributed by atoms with E-state index in [0.29, 0.717) is 5.56 Å². The van der Waals surface area contributed by atoms with Crippen LogP contribution < -0.4 is 5.73 Å². The lowest BCUT2D eigenvalue weighted by Gasteiger charge is -2.02. The quantitative estimate of drug-likeness (QED) is 0.516. The summed E-state index contributed by atoms with van der Waals surface area (Å²) in [4.78, 5) is 0. The fourth-order valence-corrected chi connectivity index (χ4v) is 0.820. The van der Waals surface area contributed by atoms with Gasteiger partial charge in [-0.05, 0) is 17.7 Å². The van der Waals surface area contributed by atoms with E-state index < -0.39 is 17.1 Å². The van der Waals surface area contributed by atoms with Crippen molar-refractivity contribution >= 4 is 11.6 Å². The Morgan fingerprint density at radius 2 is 1.91 bits per heavy atom. The second-order valence-corrected chi connectivity index (χ2v) is 2.55. The maximum absolute atomic E-state index is 12.5. The molecule has 0 bridgehead atoms. The molecule has 0 aliphatic carbocycles. The number of hydrogen-bond acceptors (Lipinski definition) is 1. The zero-order valence-corrected chi connectivity index (χ0v) is 6.28. The predicted molar refractivity (Wildman–Crippen MR) is 39.1 cm³/mol. The SMILES string of the molecule is NC(Cl)c1ccc(F)c(F)c1. The Bertz CT molecular complexity index is 263. The van der Waals surface area contributed by atoms with E-state index >= 15 is 0 Å². The molecule has 1 atom stereocenters. The summed E-state index contributed by atoms with van der Waals surface area (Å²) in [6.07, 6.45) is 0. The van der Waals surface area contributed by atoms with E-state index in [2.05, 4.69) is 0 Å². The van der Waals surface area contributed by atoms with Crippen molar-refractivity contribution in [3.8, 4) is 0 Å². The zero-order valence-electron chi connectivity index (χ0n) is 5.52. The highest BCUT2D eigenvalue weighted by molar-refractivity contribution is 6.20. The van der Waals surface area contributed by atoms with E-state index in [1.54, 1.807) is 0 Å². The van der Waals surface area contributed by atoms with E-state index in [1.165, 1.54) is 6.07 Å². The summed E-state index contributed by atoms with van der Waals surface area (Å²) < 4.78 is 24.8. The van der Waals surface area contributed by atoms with Gasteiger partial charge in [0.1, 0.15) is 5.50 Å². The van der Waals surface area contributed by atoms with Gasteiger partial charge in [-0.3, -0.25) is 0 Å². The molecule has 1 nitrogen and oxygen atoms in total. The van der Waals surface area contributed by atoms with Crippen LogP contribution in [0.4, 0.5) is 8.78 Å². The Hall–Kier alpha value is -0.670. The largest absolute Gasteiger partial charge is 0.312 e. The van der Waals surface area contributed by atoms with Crippen molar-refractivity contribution in [1.29, 1.82) is 0 Å². The summed E-state index contributed by atoms with van der Waals surface area (Å²) >= 11 is 5.42. The van der Waals surface area contributed by atoms with Crippen molar-refractivity contribution < 1.29 is 8.78 Å². The minimum Gasteiger partial charge on any atom is -0.312 e. The summed E-state index contributed by atoms with van der Waals surface area (Å²) in [7, 11) is 0. The monoisotopic (exact) mass is 177 g/mol. The average Bonchev–Trinajstić information content (AvgIpc) is 1.94. The Morgan fingerprint density at radius 1 is 1.27 bits per heavy atom. The van der Waals surface area contributed by atoms with E-state index in [-0.39, 0.29) is 0 Å².